The van der Waals surface area contributed by atoms with Crippen molar-refractivity contribution in [2.75, 3.05) is 6.54 Å². The molecule has 1 saturated carbocycles. The first kappa shape index (κ1) is 20.4. The molecule has 2 rings (SSSR count). The molecule has 1 heterocycles. The van der Waals surface area contributed by atoms with E-state index in [-0.39, 0.29) is 17.9 Å². The number of hydrogen-bond acceptors (Lipinski definition) is 5. The summed E-state index contributed by atoms with van der Waals surface area (Å²) in [5.41, 5.74) is 5.79. The molecule has 1 aromatic rings. The van der Waals surface area contributed by atoms with Crippen molar-refractivity contribution >= 4 is 23.5 Å². The second kappa shape index (κ2) is 10.3. The van der Waals surface area contributed by atoms with E-state index in [0.717, 1.165) is 19.9 Å². The van der Waals surface area contributed by atoms with E-state index in [0.29, 0.717) is 30.8 Å². The van der Waals surface area contributed by atoms with E-state index in [1.54, 1.807) is 17.1 Å². The zero-order valence-corrected chi connectivity index (χ0v) is 14.4. The lowest BCUT2D eigenvalue weighted by Crippen LogP contribution is -2.45. The summed E-state index contributed by atoms with van der Waals surface area (Å²) in [5, 5.41) is 24.6. The van der Waals surface area contributed by atoms with Crippen molar-refractivity contribution in [3.63, 3.8) is 0 Å². The average Bonchev–Trinajstić information content (AvgIpc) is 2.91. The zero-order valence-electron chi connectivity index (χ0n) is 13.7. The van der Waals surface area contributed by atoms with E-state index < -0.39 is 12.1 Å². The monoisotopic (exact) mass is 360 g/mol. The quantitative estimate of drug-likeness (QED) is 0.569. The Bertz CT molecular complexity index is 533. The smallest absolute Gasteiger partial charge is 0.300 e. The van der Waals surface area contributed by atoms with Gasteiger partial charge in [0, 0.05) is 38.2 Å². The van der Waals surface area contributed by atoms with Crippen molar-refractivity contribution in [1.82, 2.24) is 15.1 Å². The fourth-order valence-corrected chi connectivity index (χ4v) is 2.64. The van der Waals surface area contributed by atoms with Crippen LogP contribution in [0.5, 0.6) is 0 Å². The third-order valence-electron chi connectivity index (χ3n) is 3.70. The second-order valence-electron chi connectivity index (χ2n) is 5.83. The van der Waals surface area contributed by atoms with Crippen molar-refractivity contribution in [3.05, 3.63) is 17.4 Å². The predicted octanol–water partition coefficient (Wildman–Crippen LogP) is 0.622. The minimum absolute atomic E-state index is 0.0332. The van der Waals surface area contributed by atoms with E-state index in [1.807, 2.05) is 0 Å². The lowest BCUT2D eigenvalue weighted by atomic mass is 9.84. The van der Waals surface area contributed by atoms with Gasteiger partial charge in [0.2, 0.25) is 5.91 Å². The molecule has 1 aliphatic carbocycles. The number of aryl methyl sites for hydroxylation is 1. The molecule has 5 N–H and O–H groups in total. The fraction of sp³-hybridized carbons (Fsp3) is 0.667. The molecular formula is C15H25ClN4O4. The number of carbonyl (C=O) groups excluding carboxylic acids is 1. The van der Waals surface area contributed by atoms with E-state index in [2.05, 4.69) is 10.4 Å². The number of rotatable bonds is 5. The van der Waals surface area contributed by atoms with Crippen LogP contribution >= 0.6 is 11.6 Å². The topological polar surface area (TPSA) is 130 Å². The number of aliphatic hydroxyl groups is 1. The van der Waals surface area contributed by atoms with Crippen LogP contribution in [0.2, 0.25) is 5.02 Å². The minimum Gasteiger partial charge on any atom is -0.481 e. The Hall–Kier alpha value is -1.64. The van der Waals surface area contributed by atoms with Crippen LogP contribution in [-0.2, 0) is 16.1 Å². The van der Waals surface area contributed by atoms with Gasteiger partial charge < -0.3 is 21.3 Å². The Morgan fingerprint density at radius 1 is 1.50 bits per heavy atom. The van der Waals surface area contributed by atoms with Gasteiger partial charge >= 0.3 is 0 Å². The summed E-state index contributed by atoms with van der Waals surface area (Å²) < 4.78 is 1.75. The number of hydrogen-bond donors (Lipinski definition) is 4. The highest BCUT2D eigenvalue weighted by Gasteiger charge is 2.30. The maximum Gasteiger partial charge on any atom is 0.300 e. The zero-order chi connectivity index (χ0) is 18.1. The summed E-state index contributed by atoms with van der Waals surface area (Å²) in [4.78, 5) is 21.0. The molecule has 0 bridgehead atoms. The van der Waals surface area contributed by atoms with Gasteiger partial charge in [0.25, 0.3) is 5.97 Å². The number of carbonyl (C=O) groups is 2. The van der Waals surface area contributed by atoms with Crippen LogP contribution in [0.25, 0.3) is 0 Å². The largest absolute Gasteiger partial charge is 0.481 e. The first-order chi connectivity index (χ1) is 11.3. The van der Waals surface area contributed by atoms with Crippen molar-refractivity contribution in [3.8, 4) is 0 Å². The maximum atomic E-state index is 12.0. The highest BCUT2D eigenvalue weighted by molar-refractivity contribution is 6.30. The van der Waals surface area contributed by atoms with Gasteiger partial charge in [-0.15, -0.1) is 0 Å². The van der Waals surface area contributed by atoms with Crippen LogP contribution in [0.15, 0.2) is 12.4 Å². The summed E-state index contributed by atoms with van der Waals surface area (Å²) in [6, 6.07) is -0.286. The van der Waals surface area contributed by atoms with Crippen LogP contribution in [0.1, 0.15) is 32.6 Å². The third-order valence-corrected chi connectivity index (χ3v) is 3.89. The fourth-order valence-electron chi connectivity index (χ4n) is 2.49. The Balaban J connectivity index is 0.000000648. The number of aliphatic hydroxyl groups excluding tert-OH is 1. The Morgan fingerprint density at radius 3 is 2.71 bits per heavy atom. The summed E-state index contributed by atoms with van der Waals surface area (Å²) in [6.45, 7) is 2.40. The van der Waals surface area contributed by atoms with Gasteiger partial charge in [-0.25, -0.2) is 0 Å². The molecular weight excluding hydrogens is 336 g/mol. The molecule has 9 heteroatoms. The second-order valence-corrected chi connectivity index (χ2v) is 6.26. The first-order valence-electron chi connectivity index (χ1n) is 7.88. The summed E-state index contributed by atoms with van der Waals surface area (Å²) >= 11 is 5.77. The van der Waals surface area contributed by atoms with Gasteiger partial charge in [-0.05, 0) is 25.7 Å². The molecule has 1 amide bonds. The standard InChI is InChI=1S/C13H21ClN4O2.C2H4O2/c14-10-7-17-18(8-10)5-1-4-16-13(20)9-2-3-12(19)11(15)6-9;1-2(3)4/h7-9,11-12,19H,1-6,15H2,(H,16,20);1H3,(H,3,4)/t9-,11+,12+;/m0./s1. The Morgan fingerprint density at radius 2 is 2.17 bits per heavy atom. The van der Waals surface area contributed by atoms with Gasteiger partial charge in [0.1, 0.15) is 0 Å². The summed E-state index contributed by atoms with van der Waals surface area (Å²) in [6.07, 6.45) is 5.54. The van der Waals surface area contributed by atoms with Crippen molar-refractivity contribution in [2.24, 2.45) is 11.7 Å². The highest BCUT2D eigenvalue weighted by Crippen LogP contribution is 2.23. The molecule has 0 saturated heterocycles. The summed E-state index contributed by atoms with van der Waals surface area (Å²) in [5.74, 6) is -0.876. The summed E-state index contributed by atoms with van der Waals surface area (Å²) in [7, 11) is 0. The van der Waals surface area contributed by atoms with Crippen LogP contribution in [-0.4, -0.2) is 50.6 Å². The molecule has 0 unspecified atom stereocenters. The first-order valence-corrected chi connectivity index (χ1v) is 8.26. The van der Waals surface area contributed by atoms with Gasteiger partial charge in [-0.3, -0.25) is 14.3 Å². The number of nitrogens with zero attached hydrogens (tertiary/aromatic N) is 2. The van der Waals surface area contributed by atoms with Crippen molar-refractivity contribution in [2.45, 2.75) is 51.3 Å². The molecule has 0 spiro atoms. The molecule has 1 aromatic heterocycles. The lowest BCUT2D eigenvalue weighted by molar-refractivity contribution is -0.134. The number of carboxylic acids is 1. The van der Waals surface area contributed by atoms with Crippen molar-refractivity contribution in [1.29, 1.82) is 0 Å². The Labute approximate surface area is 146 Å². The van der Waals surface area contributed by atoms with Gasteiger partial charge in [0.15, 0.2) is 0 Å². The minimum atomic E-state index is -0.833. The maximum absolute atomic E-state index is 12.0. The van der Waals surface area contributed by atoms with Crippen LogP contribution in [0.3, 0.4) is 0 Å². The van der Waals surface area contributed by atoms with Gasteiger partial charge in [-0.1, -0.05) is 11.6 Å². The highest BCUT2D eigenvalue weighted by atomic mass is 35.5. The van der Waals surface area contributed by atoms with Crippen LogP contribution < -0.4 is 11.1 Å². The normalized spacial score (nSPS) is 23.1. The number of aromatic nitrogens is 2. The molecule has 0 aromatic carbocycles. The van der Waals surface area contributed by atoms with Crippen molar-refractivity contribution < 1.29 is 19.8 Å². The molecule has 1 aliphatic rings. The van der Waals surface area contributed by atoms with Gasteiger partial charge in [0.05, 0.1) is 17.3 Å². The van der Waals surface area contributed by atoms with Crippen LogP contribution in [0.4, 0.5) is 0 Å². The lowest BCUT2D eigenvalue weighted by Gasteiger charge is -2.30. The molecule has 1 fully saturated rings. The Kier molecular flexibility index (Phi) is 8.73. The number of carboxylic acid groups (broad SMARTS) is 1. The predicted molar refractivity (Wildman–Crippen MR) is 89.5 cm³/mol. The van der Waals surface area contributed by atoms with E-state index >= 15 is 0 Å². The SMILES string of the molecule is CC(=O)O.N[C@@H]1C[C@@H](C(=O)NCCCn2cc(Cl)cn2)CC[C@H]1O. The molecule has 24 heavy (non-hydrogen) atoms. The average molecular weight is 361 g/mol. The molecule has 8 nitrogen and oxygen atoms in total. The van der Waals surface area contributed by atoms with Gasteiger partial charge in [-0.2, -0.15) is 5.10 Å². The molecule has 0 aliphatic heterocycles. The number of aliphatic carboxylic acids is 1. The molecule has 3 atom stereocenters. The van der Waals surface area contributed by atoms with E-state index in [1.165, 1.54) is 0 Å². The number of amides is 1. The van der Waals surface area contributed by atoms with Crippen LogP contribution in [0, 0.1) is 5.92 Å². The number of nitrogens with two attached hydrogens (primary N) is 1. The third kappa shape index (κ3) is 7.76. The molecule has 136 valence electrons. The molecule has 0 radical (unpaired) electrons. The number of nitrogens with one attached hydrogen (secondary N) is 1. The van der Waals surface area contributed by atoms with E-state index in [4.69, 9.17) is 27.2 Å². The number of halogens is 1. The van der Waals surface area contributed by atoms with E-state index in [9.17, 15) is 9.90 Å².